The minimum Gasteiger partial charge on any atom is -0.353 e. The Morgan fingerprint density at radius 1 is 1.52 bits per heavy atom. The minimum absolute atomic E-state index is 0.0203. The van der Waals surface area contributed by atoms with E-state index < -0.39 is 18.0 Å². The van der Waals surface area contributed by atoms with Crippen molar-refractivity contribution in [2.24, 2.45) is 5.84 Å². The topological polar surface area (TPSA) is 96.2 Å². The average molecular weight is 304 g/mol. The van der Waals surface area contributed by atoms with E-state index in [1.807, 2.05) is 0 Å². The highest BCUT2D eigenvalue weighted by atomic mass is 19.4. The van der Waals surface area contributed by atoms with Crippen molar-refractivity contribution in [3.05, 3.63) is 11.9 Å². The van der Waals surface area contributed by atoms with Crippen LogP contribution in [0.4, 0.5) is 24.8 Å². The molecule has 1 aromatic rings. The van der Waals surface area contributed by atoms with Crippen LogP contribution in [-0.4, -0.2) is 35.0 Å². The smallest absolute Gasteiger partial charge is 0.353 e. The first kappa shape index (κ1) is 15.3. The molecule has 1 aliphatic heterocycles. The van der Waals surface area contributed by atoms with Gasteiger partial charge in [0.15, 0.2) is 0 Å². The zero-order chi connectivity index (χ0) is 15.6. The molecule has 2 heterocycles. The first-order chi connectivity index (χ1) is 9.86. The summed E-state index contributed by atoms with van der Waals surface area (Å²) < 4.78 is 38.4. The number of hydrogen-bond donors (Lipinski definition) is 3. The summed E-state index contributed by atoms with van der Waals surface area (Å²) in [5.74, 6) is 3.48. The van der Waals surface area contributed by atoms with Gasteiger partial charge in [0.05, 0.1) is 0 Å². The summed E-state index contributed by atoms with van der Waals surface area (Å²) >= 11 is 0. The molecule has 1 fully saturated rings. The van der Waals surface area contributed by atoms with Crippen molar-refractivity contribution in [3.63, 3.8) is 0 Å². The number of rotatable bonds is 3. The van der Waals surface area contributed by atoms with Crippen LogP contribution in [0.3, 0.4) is 0 Å². The largest absolute Gasteiger partial charge is 0.451 e. The van der Waals surface area contributed by atoms with E-state index >= 15 is 0 Å². The maximum Gasteiger partial charge on any atom is 0.451 e. The standard InChI is InChI=1S/C11H15F3N6O/c1-2-6-9(21)16-3-4-20(6)8-5-7(19-15)17-10(18-8)11(12,13)14/h5-6H,2-4,15H2,1H3,(H,16,21)(H,17,18,19). The van der Waals surface area contributed by atoms with Crippen LogP contribution in [-0.2, 0) is 11.0 Å². The number of carbonyl (C=O) groups excluding carboxylic acids is 1. The van der Waals surface area contributed by atoms with Gasteiger partial charge >= 0.3 is 6.18 Å². The second kappa shape index (κ2) is 5.72. The predicted octanol–water partition coefficient (Wildman–Crippen LogP) is 0.496. The van der Waals surface area contributed by atoms with Crippen LogP contribution >= 0.6 is 0 Å². The van der Waals surface area contributed by atoms with Crippen molar-refractivity contribution in [2.45, 2.75) is 25.6 Å². The molecule has 0 radical (unpaired) electrons. The van der Waals surface area contributed by atoms with E-state index in [-0.39, 0.29) is 17.5 Å². The summed E-state index contributed by atoms with van der Waals surface area (Å²) in [6, 6.07) is 0.719. The Morgan fingerprint density at radius 3 is 2.81 bits per heavy atom. The molecule has 1 atom stereocenters. The number of nitrogens with zero attached hydrogens (tertiary/aromatic N) is 3. The third-order valence-electron chi connectivity index (χ3n) is 3.13. The fourth-order valence-electron chi connectivity index (χ4n) is 2.18. The first-order valence-corrected chi connectivity index (χ1v) is 6.34. The van der Waals surface area contributed by atoms with Crippen LogP contribution < -0.4 is 21.5 Å². The molecule has 0 aliphatic carbocycles. The lowest BCUT2D eigenvalue weighted by atomic mass is 10.1. The summed E-state index contributed by atoms with van der Waals surface area (Å²) in [6.07, 6.45) is -4.25. The Labute approximate surface area is 118 Å². The first-order valence-electron chi connectivity index (χ1n) is 6.34. The lowest BCUT2D eigenvalue weighted by Crippen LogP contribution is -2.55. The fourth-order valence-corrected chi connectivity index (χ4v) is 2.18. The van der Waals surface area contributed by atoms with Crippen molar-refractivity contribution in [3.8, 4) is 0 Å². The lowest BCUT2D eigenvalue weighted by Gasteiger charge is -2.35. The van der Waals surface area contributed by atoms with Crippen LogP contribution in [0.5, 0.6) is 0 Å². The molecule has 0 aromatic carbocycles. The number of aromatic nitrogens is 2. The second-order valence-corrected chi connectivity index (χ2v) is 4.49. The molecule has 0 spiro atoms. The van der Waals surface area contributed by atoms with Crippen molar-refractivity contribution in [1.82, 2.24) is 15.3 Å². The third-order valence-corrected chi connectivity index (χ3v) is 3.13. The highest BCUT2D eigenvalue weighted by molar-refractivity contribution is 5.86. The van der Waals surface area contributed by atoms with E-state index in [1.54, 1.807) is 6.92 Å². The number of alkyl halides is 3. The minimum atomic E-state index is -4.69. The molecule has 4 N–H and O–H groups in total. The van der Waals surface area contributed by atoms with Crippen molar-refractivity contribution in [1.29, 1.82) is 0 Å². The quantitative estimate of drug-likeness (QED) is 0.556. The molecule has 1 aliphatic rings. The van der Waals surface area contributed by atoms with E-state index in [9.17, 15) is 18.0 Å². The van der Waals surface area contributed by atoms with E-state index in [0.29, 0.717) is 19.5 Å². The van der Waals surface area contributed by atoms with E-state index in [1.165, 1.54) is 11.0 Å². The Bertz CT molecular complexity index is 535. The summed E-state index contributed by atoms with van der Waals surface area (Å²) in [6.45, 7) is 2.48. The molecule has 21 heavy (non-hydrogen) atoms. The average Bonchev–Trinajstić information content (AvgIpc) is 2.45. The number of nitrogen functional groups attached to an aromatic ring is 1. The molecule has 1 amide bonds. The van der Waals surface area contributed by atoms with E-state index in [2.05, 4.69) is 20.7 Å². The summed E-state index contributed by atoms with van der Waals surface area (Å²) in [4.78, 5) is 20.1. The molecule has 116 valence electrons. The maximum absolute atomic E-state index is 12.8. The molecular weight excluding hydrogens is 289 g/mol. The summed E-state index contributed by atoms with van der Waals surface area (Å²) in [7, 11) is 0. The number of carbonyl (C=O) groups is 1. The molecule has 1 aromatic heterocycles. The van der Waals surface area contributed by atoms with E-state index in [4.69, 9.17) is 5.84 Å². The van der Waals surface area contributed by atoms with Gasteiger partial charge in [0.1, 0.15) is 17.7 Å². The Hall–Kier alpha value is -2.10. The van der Waals surface area contributed by atoms with Crippen molar-refractivity contribution >= 4 is 17.5 Å². The van der Waals surface area contributed by atoms with Gasteiger partial charge in [0, 0.05) is 19.2 Å². The zero-order valence-corrected chi connectivity index (χ0v) is 11.2. The van der Waals surface area contributed by atoms with Gasteiger partial charge in [0.2, 0.25) is 11.7 Å². The van der Waals surface area contributed by atoms with Gasteiger partial charge in [0.25, 0.3) is 0 Å². The number of amides is 1. The molecule has 7 nitrogen and oxygen atoms in total. The van der Waals surface area contributed by atoms with Crippen molar-refractivity contribution in [2.75, 3.05) is 23.4 Å². The molecular formula is C11H15F3N6O. The normalized spacial score (nSPS) is 19.4. The Kier molecular flexibility index (Phi) is 4.16. The van der Waals surface area contributed by atoms with Crippen LogP contribution in [0.1, 0.15) is 19.2 Å². The number of hydrazine groups is 1. The monoisotopic (exact) mass is 304 g/mol. The zero-order valence-electron chi connectivity index (χ0n) is 11.2. The highest BCUT2D eigenvalue weighted by Gasteiger charge is 2.37. The molecule has 1 unspecified atom stereocenters. The number of anilines is 2. The lowest BCUT2D eigenvalue weighted by molar-refractivity contribution is -0.144. The fraction of sp³-hybridized carbons (Fsp3) is 0.545. The molecule has 0 bridgehead atoms. The number of hydrogen-bond acceptors (Lipinski definition) is 6. The number of halogens is 3. The van der Waals surface area contributed by atoms with Crippen LogP contribution in [0, 0.1) is 0 Å². The molecule has 0 saturated carbocycles. The van der Waals surface area contributed by atoms with Gasteiger partial charge in [-0.05, 0) is 6.42 Å². The van der Waals surface area contributed by atoms with Gasteiger partial charge in [-0.3, -0.25) is 4.79 Å². The number of nitrogens with one attached hydrogen (secondary N) is 2. The van der Waals surface area contributed by atoms with Gasteiger partial charge in [-0.15, -0.1) is 0 Å². The summed E-state index contributed by atoms with van der Waals surface area (Å²) in [5, 5.41) is 2.67. The van der Waals surface area contributed by atoms with Gasteiger partial charge in [-0.25, -0.2) is 15.8 Å². The molecule has 10 heteroatoms. The Balaban J connectivity index is 2.44. The maximum atomic E-state index is 12.8. The predicted molar refractivity (Wildman–Crippen MR) is 69.3 cm³/mol. The number of piperazine rings is 1. The Morgan fingerprint density at radius 2 is 2.24 bits per heavy atom. The number of nitrogens with two attached hydrogens (primary N) is 1. The van der Waals surface area contributed by atoms with Crippen molar-refractivity contribution < 1.29 is 18.0 Å². The molecule has 1 saturated heterocycles. The van der Waals surface area contributed by atoms with Gasteiger partial charge < -0.3 is 15.6 Å². The van der Waals surface area contributed by atoms with Crippen LogP contribution in [0.2, 0.25) is 0 Å². The highest BCUT2D eigenvalue weighted by Crippen LogP contribution is 2.30. The van der Waals surface area contributed by atoms with E-state index in [0.717, 1.165) is 0 Å². The van der Waals surface area contributed by atoms with Gasteiger partial charge in [-0.2, -0.15) is 13.2 Å². The van der Waals surface area contributed by atoms with Gasteiger partial charge in [-0.1, -0.05) is 6.92 Å². The molecule has 2 rings (SSSR count). The summed E-state index contributed by atoms with van der Waals surface area (Å²) in [5.41, 5.74) is 2.08. The second-order valence-electron chi connectivity index (χ2n) is 4.49. The third kappa shape index (κ3) is 3.15. The van der Waals surface area contributed by atoms with Crippen LogP contribution in [0.25, 0.3) is 0 Å². The van der Waals surface area contributed by atoms with Crippen LogP contribution in [0.15, 0.2) is 6.07 Å². The SMILES string of the molecule is CCC1C(=O)NCCN1c1cc(NN)nc(C(F)(F)F)n1.